The Kier molecular flexibility index (Phi) is 4.60. The second kappa shape index (κ2) is 7.21. The van der Waals surface area contributed by atoms with Crippen LogP contribution < -0.4 is 5.32 Å². The van der Waals surface area contributed by atoms with Crippen LogP contribution in [0.15, 0.2) is 66.9 Å². The van der Waals surface area contributed by atoms with Gasteiger partial charge in [0, 0.05) is 23.9 Å². The van der Waals surface area contributed by atoms with E-state index in [4.69, 9.17) is 11.6 Å². The molecule has 2 aromatic carbocycles. The molecule has 5 nitrogen and oxygen atoms in total. The zero-order valence-electron chi connectivity index (χ0n) is 14.7. The van der Waals surface area contributed by atoms with E-state index in [2.05, 4.69) is 15.5 Å². The summed E-state index contributed by atoms with van der Waals surface area (Å²) in [5.74, 6) is 0.489. The Morgan fingerprint density at radius 3 is 2.63 bits per heavy atom. The predicted octanol–water partition coefficient (Wildman–Crippen LogP) is 4.29. The molecule has 0 unspecified atom stereocenters. The molecule has 0 fully saturated rings. The predicted molar refractivity (Wildman–Crippen MR) is 106 cm³/mol. The molecule has 6 heteroatoms. The number of hydrogen-bond acceptors (Lipinski definition) is 3. The van der Waals surface area contributed by atoms with Crippen LogP contribution in [0.25, 0.3) is 17.0 Å². The lowest BCUT2D eigenvalue weighted by molar-refractivity contribution is 0.0951. The molecule has 0 spiro atoms. The first-order chi connectivity index (χ1) is 13.1. The van der Waals surface area contributed by atoms with Gasteiger partial charge in [-0.2, -0.15) is 0 Å². The Morgan fingerprint density at radius 1 is 1.07 bits per heavy atom. The molecule has 27 heavy (non-hydrogen) atoms. The quantitative estimate of drug-likeness (QED) is 0.578. The van der Waals surface area contributed by atoms with E-state index in [0.29, 0.717) is 28.6 Å². The molecular formula is C21H17ClN4O. The largest absolute Gasteiger partial charge is 0.348 e. The van der Waals surface area contributed by atoms with Gasteiger partial charge in [0.2, 0.25) is 0 Å². The zero-order chi connectivity index (χ0) is 18.8. The van der Waals surface area contributed by atoms with Crippen molar-refractivity contribution in [3.63, 3.8) is 0 Å². The molecule has 4 rings (SSSR count). The number of halogens is 1. The van der Waals surface area contributed by atoms with Crippen LogP contribution in [0.2, 0.25) is 5.02 Å². The van der Waals surface area contributed by atoms with Crippen molar-refractivity contribution in [1.82, 2.24) is 19.9 Å². The van der Waals surface area contributed by atoms with E-state index in [9.17, 15) is 4.79 Å². The first-order valence-electron chi connectivity index (χ1n) is 8.55. The first-order valence-corrected chi connectivity index (χ1v) is 8.93. The molecule has 0 atom stereocenters. The van der Waals surface area contributed by atoms with Gasteiger partial charge in [0.05, 0.1) is 5.02 Å². The van der Waals surface area contributed by atoms with Crippen LogP contribution in [-0.4, -0.2) is 20.5 Å². The summed E-state index contributed by atoms with van der Waals surface area (Å²) in [6.07, 6.45) is 1.79. The number of amides is 1. The number of hydrogen-bond donors (Lipinski definition) is 1. The number of carbonyl (C=O) groups is 1. The fourth-order valence-corrected chi connectivity index (χ4v) is 3.07. The lowest BCUT2D eigenvalue weighted by Crippen LogP contribution is -2.22. The monoisotopic (exact) mass is 376 g/mol. The summed E-state index contributed by atoms with van der Waals surface area (Å²) in [7, 11) is 0. The van der Waals surface area contributed by atoms with Crippen molar-refractivity contribution >= 4 is 23.2 Å². The maximum absolute atomic E-state index is 12.5. The van der Waals surface area contributed by atoms with E-state index in [0.717, 1.165) is 11.1 Å². The SMILES string of the molecule is Cc1ccc(CNC(=O)c2ccn3c(-c4ccccc4Cl)nnc3c2)cc1. The van der Waals surface area contributed by atoms with Gasteiger partial charge in [0.15, 0.2) is 11.5 Å². The zero-order valence-corrected chi connectivity index (χ0v) is 15.4. The highest BCUT2D eigenvalue weighted by atomic mass is 35.5. The molecule has 0 radical (unpaired) electrons. The Morgan fingerprint density at radius 2 is 1.85 bits per heavy atom. The molecule has 1 N–H and O–H groups in total. The van der Waals surface area contributed by atoms with Gasteiger partial charge in [-0.25, -0.2) is 0 Å². The summed E-state index contributed by atoms with van der Waals surface area (Å²) in [6.45, 7) is 2.51. The number of nitrogens with one attached hydrogen (secondary N) is 1. The summed E-state index contributed by atoms with van der Waals surface area (Å²) < 4.78 is 1.82. The van der Waals surface area contributed by atoms with Gasteiger partial charge in [0.1, 0.15) is 0 Å². The normalized spacial score (nSPS) is 10.9. The van der Waals surface area contributed by atoms with Gasteiger partial charge in [0.25, 0.3) is 5.91 Å². The summed E-state index contributed by atoms with van der Waals surface area (Å²) >= 11 is 6.26. The number of carbonyl (C=O) groups excluding carboxylic acids is 1. The third-order valence-electron chi connectivity index (χ3n) is 4.36. The van der Waals surface area contributed by atoms with Crippen molar-refractivity contribution in [2.75, 3.05) is 0 Å². The highest BCUT2D eigenvalue weighted by molar-refractivity contribution is 6.33. The van der Waals surface area contributed by atoms with Crippen LogP contribution in [0.3, 0.4) is 0 Å². The Balaban J connectivity index is 1.56. The second-order valence-electron chi connectivity index (χ2n) is 6.32. The molecule has 1 amide bonds. The summed E-state index contributed by atoms with van der Waals surface area (Å²) in [5.41, 5.74) is 4.17. The van der Waals surface area contributed by atoms with Gasteiger partial charge in [-0.05, 0) is 36.8 Å². The molecule has 0 aliphatic rings. The van der Waals surface area contributed by atoms with Crippen LogP contribution >= 0.6 is 11.6 Å². The lowest BCUT2D eigenvalue weighted by atomic mass is 10.1. The van der Waals surface area contributed by atoms with E-state index < -0.39 is 0 Å². The minimum Gasteiger partial charge on any atom is -0.348 e. The average Bonchev–Trinajstić information content (AvgIpc) is 3.10. The number of fused-ring (bicyclic) bond motifs is 1. The lowest BCUT2D eigenvalue weighted by Gasteiger charge is -2.07. The molecule has 0 saturated heterocycles. The molecular weight excluding hydrogens is 360 g/mol. The van der Waals surface area contributed by atoms with E-state index in [1.807, 2.05) is 59.9 Å². The molecule has 0 bridgehead atoms. The van der Waals surface area contributed by atoms with Gasteiger partial charge < -0.3 is 5.32 Å². The number of aryl methyl sites for hydroxylation is 1. The van der Waals surface area contributed by atoms with E-state index in [1.54, 1.807) is 18.3 Å². The number of pyridine rings is 1. The van der Waals surface area contributed by atoms with Crippen molar-refractivity contribution < 1.29 is 4.79 Å². The van der Waals surface area contributed by atoms with E-state index in [-0.39, 0.29) is 5.91 Å². The summed E-state index contributed by atoms with van der Waals surface area (Å²) in [5, 5.41) is 11.9. The Hall–Kier alpha value is -3.18. The van der Waals surface area contributed by atoms with Crippen molar-refractivity contribution in [2.45, 2.75) is 13.5 Å². The molecule has 0 aliphatic carbocycles. The van der Waals surface area contributed by atoms with Crippen LogP contribution in [0.4, 0.5) is 0 Å². The number of aromatic nitrogens is 3. The highest BCUT2D eigenvalue weighted by Gasteiger charge is 2.13. The second-order valence-corrected chi connectivity index (χ2v) is 6.72. The van der Waals surface area contributed by atoms with Crippen LogP contribution in [0, 0.1) is 6.92 Å². The van der Waals surface area contributed by atoms with Crippen molar-refractivity contribution in [3.05, 3.63) is 88.6 Å². The Labute approximate surface area is 161 Å². The fourth-order valence-electron chi connectivity index (χ4n) is 2.85. The number of benzene rings is 2. The summed E-state index contributed by atoms with van der Waals surface area (Å²) in [6, 6.07) is 19.0. The molecule has 2 heterocycles. The average molecular weight is 377 g/mol. The molecule has 2 aromatic heterocycles. The third-order valence-corrected chi connectivity index (χ3v) is 4.69. The third kappa shape index (κ3) is 3.55. The number of rotatable bonds is 4. The number of nitrogens with zero attached hydrogens (tertiary/aromatic N) is 3. The fraction of sp³-hybridized carbons (Fsp3) is 0.0952. The molecule has 134 valence electrons. The summed E-state index contributed by atoms with van der Waals surface area (Å²) in [4.78, 5) is 12.5. The maximum atomic E-state index is 12.5. The van der Waals surface area contributed by atoms with Gasteiger partial charge in [-0.15, -0.1) is 10.2 Å². The van der Waals surface area contributed by atoms with Crippen molar-refractivity contribution in [2.24, 2.45) is 0 Å². The van der Waals surface area contributed by atoms with Crippen LogP contribution in [-0.2, 0) is 6.54 Å². The van der Waals surface area contributed by atoms with E-state index in [1.165, 1.54) is 5.56 Å². The van der Waals surface area contributed by atoms with E-state index >= 15 is 0 Å². The maximum Gasteiger partial charge on any atom is 0.251 e. The van der Waals surface area contributed by atoms with Gasteiger partial charge >= 0.3 is 0 Å². The smallest absolute Gasteiger partial charge is 0.251 e. The van der Waals surface area contributed by atoms with Crippen molar-refractivity contribution in [1.29, 1.82) is 0 Å². The Bertz CT molecular complexity index is 1120. The first kappa shape index (κ1) is 17.2. The topological polar surface area (TPSA) is 59.3 Å². The minimum absolute atomic E-state index is 0.152. The molecule has 4 aromatic rings. The minimum atomic E-state index is -0.152. The van der Waals surface area contributed by atoms with Crippen molar-refractivity contribution in [3.8, 4) is 11.4 Å². The molecule has 0 saturated carbocycles. The standard InChI is InChI=1S/C21H17ClN4O/c1-14-6-8-15(9-7-14)13-23-21(27)16-10-11-26-19(12-16)24-25-20(26)17-4-2-3-5-18(17)22/h2-12H,13H2,1H3,(H,23,27). The highest BCUT2D eigenvalue weighted by Crippen LogP contribution is 2.26. The molecule has 0 aliphatic heterocycles. The van der Waals surface area contributed by atoms with Gasteiger partial charge in [-0.3, -0.25) is 9.20 Å². The van der Waals surface area contributed by atoms with Gasteiger partial charge in [-0.1, -0.05) is 53.6 Å². The van der Waals surface area contributed by atoms with Crippen LogP contribution in [0.1, 0.15) is 21.5 Å². The van der Waals surface area contributed by atoms with Crippen LogP contribution in [0.5, 0.6) is 0 Å².